The molecule has 0 radical (unpaired) electrons. The molecule has 2 N–H and O–H groups in total. The summed E-state index contributed by atoms with van der Waals surface area (Å²) in [6, 6.07) is 6.70. The zero-order valence-corrected chi connectivity index (χ0v) is 11.6. The van der Waals surface area contributed by atoms with Crippen LogP contribution in [0.3, 0.4) is 0 Å². The first-order chi connectivity index (χ1) is 10.3. The van der Waals surface area contributed by atoms with Gasteiger partial charge < -0.3 is 10.3 Å². The van der Waals surface area contributed by atoms with Crippen molar-refractivity contribution in [2.45, 2.75) is 19.1 Å². The van der Waals surface area contributed by atoms with Crippen LogP contribution in [0.2, 0.25) is 0 Å². The maximum absolute atomic E-state index is 12.7. The normalized spacial score (nSPS) is 12.7. The Hall–Kier alpha value is -2.57. The summed E-state index contributed by atoms with van der Waals surface area (Å²) in [4.78, 5) is 25.2. The van der Waals surface area contributed by atoms with E-state index in [1.165, 1.54) is 30.5 Å². The van der Waals surface area contributed by atoms with E-state index in [9.17, 15) is 22.8 Å². The molecule has 116 valence electrons. The molecule has 4 nitrogen and oxygen atoms in total. The van der Waals surface area contributed by atoms with Crippen LogP contribution in [0.1, 0.15) is 34.5 Å². The van der Waals surface area contributed by atoms with Crippen LogP contribution in [-0.4, -0.2) is 10.9 Å². The zero-order chi connectivity index (χ0) is 16.3. The van der Waals surface area contributed by atoms with Crippen LogP contribution in [0.15, 0.2) is 47.4 Å². The molecule has 1 heterocycles. The highest BCUT2D eigenvalue weighted by atomic mass is 19.4. The average Bonchev–Trinajstić information content (AvgIpc) is 2.47. The lowest BCUT2D eigenvalue weighted by Crippen LogP contribution is -2.27. The molecule has 0 saturated carbocycles. The van der Waals surface area contributed by atoms with Crippen LogP contribution >= 0.6 is 0 Å². The molecule has 2 rings (SSSR count). The van der Waals surface area contributed by atoms with E-state index in [0.29, 0.717) is 5.56 Å². The predicted octanol–water partition coefficient (Wildman–Crippen LogP) is 2.88. The summed E-state index contributed by atoms with van der Waals surface area (Å²) in [5.41, 5.74) is -0.552. The summed E-state index contributed by atoms with van der Waals surface area (Å²) >= 11 is 0. The monoisotopic (exact) mass is 310 g/mol. The van der Waals surface area contributed by atoms with Gasteiger partial charge in [0.1, 0.15) is 0 Å². The van der Waals surface area contributed by atoms with Crippen molar-refractivity contribution in [3.05, 3.63) is 69.6 Å². The van der Waals surface area contributed by atoms with Crippen molar-refractivity contribution in [1.29, 1.82) is 0 Å². The Morgan fingerprint density at radius 2 is 1.95 bits per heavy atom. The molecule has 0 saturated heterocycles. The molecule has 1 aromatic carbocycles. The van der Waals surface area contributed by atoms with Gasteiger partial charge in [0, 0.05) is 12.3 Å². The third kappa shape index (κ3) is 3.75. The number of hydrogen-bond donors (Lipinski definition) is 2. The number of carbonyl (C=O) groups excluding carboxylic acids is 1. The molecule has 1 amide bonds. The fraction of sp³-hybridized carbons (Fsp3) is 0.200. The second kappa shape index (κ2) is 6.05. The van der Waals surface area contributed by atoms with Gasteiger partial charge in [0.2, 0.25) is 5.56 Å². The summed E-state index contributed by atoms with van der Waals surface area (Å²) in [5.74, 6) is -0.485. The minimum Gasteiger partial charge on any atom is -0.345 e. The van der Waals surface area contributed by atoms with Crippen molar-refractivity contribution in [1.82, 2.24) is 10.3 Å². The molecule has 1 aromatic heterocycles. The number of aromatic nitrogens is 1. The van der Waals surface area contributed by atoms with E-state index in [2.05, 4.69) is 10.3 Å². The molecular formula is C15H13F3N2O2. The molecule has 0 fully saturated rings. The second-order valence-electron chi connectivity index (χ2n) is 4.76. The van der Waals surface area contributed by atoms with Gasteiger partial charge in [0.25, 0.3) is 5.91 Å². The number of rotatable bonds is 3. The van der Waals surface area contributed by atoms with Crippen molar-refractivity contribution in [3.8, 4) is 0 Å². The van der Waals surface area contributed by atoms with Crippen molar-refractivity contribution < 1.29 is 18.0 Å². The lowest BCUT2D eigenvalue weighted by atomic mass is 10.0. The Labute approximate surface area is 124 Å². The van der Waals surface area contributed by atoms with Crippen LogP contribution < -0.4 is 10.9 Å². The fourth-order valence-corrected chi connectivity index (χ4v) is 1.90. The van der Waals surface area contributed by atoms with Gasteiger partial charge in [0.05, 0.1) is 17.2 Å². The smallest absolute Gasteiger partial charge is 0.345 e. The summed E-state index contributed by atoms with van der Waals surface area (Å²) in [7, 11) is 0. The quantitative estimate of drug-likeness (QED) is 0.915. The van der Waals surface area contributed by atoms with Gasteiger partial charge in [-0.1, -0.05) is 12.1 Å². The molecular weight excluding hydrogens is 297 g/mol. The zero-order valence-electron chi connectivity index (χ0n) is 11.6. The molecule has 1 unspecified atom stereocenters. The number of benzene rings is 1. The number of hydrogen-bond acceptors (Lipinski definition) is 2. The minimum atomic E-state index is -4.43. The maximum atomic E-state index is 12.7. The molecule has 0 aliphatic heterocycles. The van der Waals surface area contributed by atoms with Gasteiger partial charge in [-0.15, -0.1) is 0 Å². The van der Waals surface area contributed by atoms with Crippen molar-refractivity contribution in [2.24, 2.45) is 0 Å². The van der Waals surface area contributed by atoms with E-state index in [0.717, 1.165) is 12.1 Å². The topological polar surface area (TPSA) is 62.0 Å². The third-order valence-electron chi connectivity index (χ3n) is 3.11. The van der Waals surface area contributed by atoms with Gasteiger partial charge in [-0.05, 0) is 30.7 Å². The summed E-state index contributed by atoms with van der Waals surface area (Å²) in [6.45, 7) is 1.58. The van der Waals surface area contributed by atoms with Crippen molar-refractivity contribution in [3.63, 3.8) is 0 Å². The van der Waals surface area contributed by atoms with E-state index in [-0.39, 0.29) is 11.1 Å². The fourth-order valence-electron chi connectivity index (χ4n) is 1.90. The molecule has 2 aromatic rings. The Balaban J connectivity index is 2.15. The first kappa shape index (κ1) is 15.8. The summed E-state index contributed by atoms with van der Waals surface area (Å²) in [6.07, 6.45) is -3.19. The number of alkyl halides is 3. The molecule has 0 aliphatic rings. The van der Waals surface area contributed by atoms with Gasteiger partial charge in [0.15, 0.2) is 0 Å². The molecule has 1 atom stereocenters. The minimum absolute atomic E-state index is 0.221. The number of halogens is 3. The Morgan fingerprint density at radius 3 is 2.55 bits per heavy atom. The highest BCUT2D eigenvalue weighted by Crippen LogP contribution is 2.30. The largest absolute Gasteiger partial charge is 0.416 e. The standard InChI is InChI=1S/C15H13F3N2O2/c1-9(10-3-2-4-12(7-10)15(16,17)18)20-14(22)11-5-6-13(21)19-8-11/h2-9H,1H3,(H,19,21)(H,20,22). The first-order valence-electron chi connectivity index (χ1n) is 6.44. The molecule has 0 bridgehead atoms. The lowest BCUT2D eigenvalue weighted by Gasteiger charge is -2.16. The second-order valence-corrected chi connectivity index (χ2v) is 4.76. The van der Waals surface area contributed by atoms with Crippen LogP contribution in [0.5, 0.6) is 0 Å². The molecule has 0 spiro atoms. The van der Waals surface area contributed by atoms with Crippen molar-refractivity contribution in [2.75, 3.05) is 0 Å². The molecule has 22 heavy (non-hydrogen) atoms. The number of pyridine rings is 1. The van der Waals surface area contributed by atoms with Crippen LogP contribution in [0.4, 0.5) is 13.2 Å². The average molecular weight is 310 g/mol. The number of nitrogens with one attached hydrogen (secondary N) is 2. The Kier molecular flexibility index (Phi) is 4.35. The Bertz CT molecular complexity index is 718. The van der Waals surface area contributed by atoms with E-state index in [4.69, 9.17) is 0 Å². The number of carbonyl (C=O) groups is 1. The number of amides is 1. The first-order valence-corrected chi connectivity index (χ1v) is 6.44. The lowest BCUT2D eigenvalue weighted by molar-refractivity contribution is -0.137. The highest BCUT2D eigenvalue weighted by molar-refractivity contribution is 5.94. The van der Waals surface area contributed by atoms with E-state index in [1.54, 1.807) is 6.92 Å². The van der Waals surface area contributed by atoms with Gasteiger partial charge in [-0.2, -0.15) is 13.2 Å². The van der Waals surface area contributed by atoms with E-state index >= 15 is 0 Å². The summed E-state index contributed by atoms with van der Waals surface area (Å²) < 4.78 is 38.0. The number of H-pyrrole nitrogens is 1. The summed E-state index contributed by atoms with van der Waals surface area (Å²) in [5, 5.41) is 2.58. The van der Waals surface area contributed by atoms with Crippen LogP contribution in [0, 0.1) is 0 Å². The van der Waals surface area contributed by atoms with Gasteiger partial charge in [-0.3, -0.25) is 9.59 Å². The van der Waals surface area contributed by atoms with E-state index < -0.39 is 23.7 Å². The van der Waals surface area contributed by atoms with Gasteiger partial charge >= 0.3 is 6.18 Å². The third-order valence-corrected chi connectivity index (χ3v) is 3.11. The molecule has 7 heteroatoms. The van der Waals surface area contributed by atoms with Crippen molar-refractivity contribution >= 4 is 5.91 Å². The van der Waals surface area contributed by atoms with E-state index in [1.807, 2.05) is 0 Å². The van der Waals surface area contributed by atoms with Gasteiger partial charge in [-0.25, -0.2) is 0 Å². The Morgan fingerprint density at radius 1 is 1.23 bits per heavy atom. The predicted molar refractivity (Wildman–Crippen MR) is 74.4 cm³/mol. The van der Waals surface area contributed by atoms with Crippen LogP contribution in [0.25, 0.3) is 0 Å². The SMILES string of the molecule is CC(NC(=O)c1ccc(=O)[nH]c1)c1cccc(C(F)(F)F)c1. The highest BCUT2D eigenvalue weighted by Gasteiger charge is 2.30. The van der Waals surface area contributed by atoms with Crippen LogP contribution in [-0.2, 0) is 6.18 Å². The number of aromatic amines is 1. The maximum Gasteiger partial charge on any atom is 0.416 e. The molecule has 0 aliphatic carbocycles.